The molecular formula is C10H15IN2OS. The molecule has 1 aromatic heterocycles. The van der Waals surface area contributed by atoms with Gasteiger partial charge in [0.05, 0.1) is 22.1 Å². The van der Waals surface area contributed by atoms with E-state index in [1.165, 1.54) is 22.1 Å². The quantitative estimate of drug-likeness (QED) is 0.792. The number of rotatable bonds is 3. The van der Waals surface area contributed by atoms with Gasteiger partial charge in [-0.05, 0) is 35.4 Å². The zero-order valence-electron chi connectivity index (χ0n) is 8.78. The first-order chi connectivity index (χ1) is 7.27. The van der Waals surface area contributed by atoms with Crippen molar-refractivity contribution in [2.45, 2.75) is 23.8 Å². The van der Waals surface area contributed by atoms with E-state index in [9.17, 15) is 0 Å². The molecule has 1 atom stereocenters. The molecule has 84 valence electrons. The third kappa shape index (κ3) is 3.10. The fraction of sp³-hybridized carbons (Fsp3) is 0.700. The van der Waals surface area contributed by atoms with E-state index in [1.54, 1.807) is 0 Å². The fourth-order valence-corrected chi connectivity index (χ4v) is 3.82. The first-order valence-electron chi connectivity index (χ1n) is 5.13. The van der Waals surface area contributed by atoms with Gasteiger partial charge in [0, 0.05) is 24.7 Å². The van der Waals surface area contributed by atoms with E-state index in [4.69, 9.17) is 4.74 Å². The molecule has 1 fully saturated rings. The molecule has 0 bridgehead atoms. The maximum Gasteiger partial charge on any atom is 0.0626 e. The Hall–Kier alpha value is 0.250. The largest absolute Gasteiger partial charge is 0.380 e. The van der Waals surface area contributed by atoms with Gasteiger partial charge in [0.15, 0.2) is 0 Å². The molecule has 5 heteroatoms. The summed E-state index contributed by atoms with van der Waals surface area (Å²) >= 11 is 4.34. The maximum atomic E-state index is 5.47. The Labute approximate surface area is 108 Å². The van der Waals surface area contributed by atoms with Crippen molar-refractivity contribution in [2.24, 2.45) is 7.05 Å². The monoisotopic (exact) mass is 338 g/mol. The van der Waals surface area contributed by atoms with Gasteiger partial charge in [-0.2, -0.15) is 5.10 Å². The predicted octanol–water partition coefficient (Wildman–Crippen LogP) is 2.44. The fourth-order valence-electron chi connectivity index (χ4n) is 1.64. The highest BCUT2D eigenvalue weighted by atomic mass is 127. The normalized spacial score (nSPS) is 21.9. The van der Waals surface area contributed by atoms with Crippen LogP contribution in [0.3, 0.4) is 0 Å². The van der Waals surface area contributed by atoms with Crippen LogP contribution in [0.2, 0.25) is 0 Å². The second kappa shape index (κ2) is 5.54. The van der Waals surface area contributed by atoms with Crippen molar-refractivity contribution < 1.29 is 4.74 Å². The van der Waals surface area contributed by atoms with E-state index < -0.39 is 0 Å². The first kappa shape index (κ1) is 11.7. The number of thioether (sulfide) groups is 1. The minimum Gasteiger partial charge on any atom is -0.380 e. The van der Waals surface area contributed by atoms with Crippen LogP contribution in [-0.4, -0.2) is 28.2 Å². The maximum absolute atomic E-state index is 5.47. The van der Waals surface area contributed by atoms with Gasteiger partial charge >= 0.3 is 0 Å². The molecule has 0 amide bonds. The molecular weight excluding hydrogens is 323 g/mol. The first-order valence-corrected chi connectivity index (χ1v) is 7.26. The van der Waals surface area contributed by atoms with Gasteiger partial charge in [-0.3, -0.25) is 4.68 Å². The van der Waals surface area contributed by atoms with Crippen LogP contribution in [0.1, 0.15) is 18.5 Å². The summed E-state index contributed by atoms with van der Waals surface area (Å²) in [7, 11) is 2.01. The van der Waals surface area contributed by atoms with Gasteiger partial charge in [-0.1, -0.05) is 0 Å². The lowest BCUT2D eigenvalue weighted by atomic mass is 10.2. The van der Waals surface area contributed by atoms with Gasteiger partial charge in [0.25, 0.3) is 0 Å². The number of hydrogen-bond acceptors (Lipinski definition) is 3. The van der Waals surface area contributed by atoms with Gasteiger partial charge in [-0.15, -0.1) is 11.8 Å². The van der Waals surface area contributed by atoms with Crippen molar-refractivity contribution in [2.75, 3.05) is 13.2 Å². The lowest BCUT2D eigenvalue weighted by Crippen LogP contribution is -2.19. The van der Waals surface area contributed by atoms with E-state index in [1.807, 2.05) is 29.7 Å². The average Bonchev–Trinajstić information content (AvgIpc) is 2.58. The Morgan fingerprint density at radius 1 is 1.73 bits per heavy atom. The number of hydrogen-bond donors (Lipinski definition) is 0. The van der Waals surface area contributed by atoms with Crippen LogP contribution in [0.15, 0.2) is 6.20 Å². The number of aromatic nitrogens is 2. The summed E-state index contributed by atoms with van der Waals surface area (Å²) in [6.45, 7) is 1.86. The zero-order chi connectivity index (χ0) is 10.7. The van der Waals surface area contributed by atoms with Crippen LogP contribution in [0.25, 0.3) is 0 Å². The standard InChI is InChI=1S/C10H15IN2OS/c1-13-10(9(11)5-12-13)7-15-8-3-2-4-14-6-8/h5,8H,2-4,6-7H2,1H3. The highest BCUT2D eigenvalue weighted by Gasteiger charge is 2.15. The Morgan fingerprint density at radius 3 is 3.20 bits per heavy atom. The molecule has 3 nitrogen and oxygen atoms in total. The SMILES string of the molecule is Cn1ncc(I)c1CSC1CCCOC1. The van der Waals surface area contributed by atoms with Crippen molar-refractivity contribution in [3.8, 4) is 0 Å². The third-order valence-corrected chi connectivity index (χ3v) is 4.77. The lowest BCUT2D eigenvalue weighted by Gasteiger charge is -2.21. The van der Waals surface area contributed by atoms with Gasteiger partial charge < -0.3 is 4.74 Å². The number of nitrogens with zero attached hydrogens (tertiary/aromatic N) is 2. The molecule has 0 aromatic carbocycles. The van der Waals surface area contributed by atoms with Crippen LogP contribution in [0.4, 0.5) is 0 Å². The van der Waals surface area contributed by atoms with E-state index in [0.717, 1.165) is 19.0 Å². The van der Waals surface area contributed by atoms with Crippen molar-refractivity contribution in [3.05, 3.63) is 15.5 Å². The van der Waals surface area contributed by atoms with Crippen molar-refractivity contribution in [3.63, 3.8) is 0 Å². The summed E-state index contributed by atoms with van der Waals surface area (Å²) in [5.74, 6) is 1.04. The highest BCUT2D eigenvalue weighted by Crippen LogP contribution is 2.26. The number of ether oxygens (including phenoxy) is 1. The van der Waals surface area contributed by atoms with Gasteiger partial charge in [-0.25, -0.2) is 0 Å². The number of aryl methyl sites for hydroxylation is 1. The molecule has 0 N–H and O–H groups in total. The van der Waals surface area contributed by atoms with Crippen LogP contribution in [0.5, 0.6) is 0 Å². The van der Waals surface area contributed by atoms with Crippen molar-refractivity contribution >= 4 is 34.4 Å². The Kier molecular flexibility index (Phi) is 4.33. The summed E-state index contributed by atoms with van der Waals surface area (Å²) in [6, 6.07) is 0. The molecule has 0 radical (unpaired) electrons. The summed E-state index contributed by atoms with van der Waals surface area (Å²) in [6.07, 6.45) is 4.42. The average molecular weight is 338 g/mol. The molecule has 0 saturated carbocycles. The minimum atomic E-state index is 0.671. The molecule has 0 spiro atoms. The lowest BCUT2D eigenvalue weighted by molar-refractivity contribution is 0.101. The molecule has 0 aliphatic carbocycles. The summed E-state index contributed by atoms with van der Waals surface area (Å²) in [5.41, 5.74) is 1.33. The van der Waals surface area contributed by atoms with Crippen LogP contribution in [0, 0.1) is 3.57 Å². The van der Waals surface area contributed by atoms with E-state index in [-0.39, 0.29) is 0 Å². The van der Waals surface area contributed by atoms with E-state index in [2.05, 4.69) is 27.7 Å². The van der Waals surface area contributed by atoms with Gasteiger partial charge in [0.1, 0.15) is 0 Å². The van der Waals surface area contributed by atoms with E-state index in [0.29, 0.717) is 5.25 Å². The molecule has 1 unspecified atom stereocenters. The van der Waals surface area contributed by atoms with Crippen LogP contribution in [-0.2, 0) is 17.5 Å². The molecule has 1 aliphatic heterocycles. The Morgan fingerprint density at radius 2 is 2.60 bits per heavy atom. The zero-order valence-corrected chi connectivity index (χ0v) is 11.8. The summed E-state index contributed by atoms with van der Waals surface area (Å²) in [4.78, 5) is 0. The third-order valence-electron chi connectivity index (χ3n) is 2.58. The molecule has 2 heterocycles. The topological polar surface area (TPSA) is 27.1 Å². The van der Waals surface area contributed by atoms with Crippen molar-refractivity contribution in [1.82, 2.24) is 9.78 Å². The molecule has 1 aliphatic rings. The van der Waals surface area contributed by atoms with Crippen LogP contribution >= 0.6 is 34.4 Å². The minimum absolute atomic E-state index is 0.671. The Balaban J connectivity index is 1.87. The molecule has 2 rings (SSSR count). The smallest absolute Gasteiger partial charge is 0.0626 e. The van der Waals surface area contributed by atoms with E-state index >= 15 is 0 Å². The Bertz CT molecular complexity index is 304. The summed E-state index contributed by atoms with van der Waals surface area (Å²) < 4.78 is 8.70. The van der Waals surface area contributed by atoms with Gasteiger partial charge in [0.2, 0.25) is 0 Å². The summed E-state index contributed by atoms with van der Waals surface area (Å²) in [5, 5.41) is 4.92. The molecule has 15 heavy (non-hydrogen) atoms. The molecule has 1 saturated heterocycles. The predicted molar refractivity (Wildman–Crippen MR) is 71.1 cm³/mol. The van der Waals surface area contributed by atoms with Crippen molar-refractivity contribution in [1.29, 1.82) is 0 Å². The second-order valence-corrected chi connectivity index (χ2v) is 6.16. The highest BCUT2D eigenvalue weighted by molar-refractivity contribution is 14.1. The van der Waals surface area contributed by atoms with Crippen LogP contribution < -0.4 is 0 Å². The molecule has 1 aromatic rings. The number of halogens is 1. The second-order valence-electron chi connectivity index (χ2n) is 3.71.